The van der Waals surface area contributed by atoms with E-state index >= 15 is 0 Å². The monoisotopic (exact) mass is 254 g/mol. The first-order valence-corrected chi connectivity index (χ1v) is 7.63. The highest BCUT2D eigenvalue weighted by molar-refractivity contribution is 5.64. The van der Waals surface area contributed by atoms with E-state index < -0.39 is 5.54 Å². The Morgan fingerprint density at radius 2 is 2.06 bits per heavy atom. The molecule has 1 heterocycles. The fourth-order valence-electron chi connectivity index (χ4n) is 2.92. The Morgan fingerprint density at radius 1 is 1.33 bits per heavy atom. The van der Waals surface area contributed by atoms with E-state index in [4.69, 9.17) is 5.73 Å². The summed E-state index contributed by atoms with van der Waals surface area (Å²) in [5.41, 5.74) is 5.77. The van der Waals surface area contributed by atoms with Crippen LogP contribution in [0.25, 0.3) is 0 Å². The lowest BCUT2D eigenvalue weighted by molar-refractivity contribution is -0.115. The lowest BCUT2D eigenvalue weighted by Gasteiger charge is -2.40. The second-order valence-corrected chi connectivity index (χ2v) is 5.83. The van der Waals surface area contributed by atoms with Gasteiger partial charge in [0.15, 0.2) is 0 Å². The van der Waals surface area contributed by atoms with E-state index in [0.717, 1.165) is 45.1 Å². The van der Waals surface area contributed by atoms with Crippen molar-refractivity contribution in [1.82, 2.24) is 4.90 Å². The highest BCUT2D eigenvalue weighted by Crippen LogP contribution is 2.28. The van der Waals surface area contributed by atoms with Crippen molar-refractivity contribution in [3.63, 3.8) is 0 Å². The van der Waals surface area contributed by atoms with E-state index in [-0.39, 0.29) is 0 Å². The Hall–Kier alpha value is -0.410. The molecule has 2 atom stereocenters. The van der Waals surface area contributed by atoms with Gasteiger partial charge in [0.05, 0.1) is 5.54 Å². The minimum absolute atomic E-state index is 0.354. The molecule has 18 heavy (non-hydrogen) atoms. The highest BCUT2D eigenvalue weighted by Gasteiger charge is 2.36. The molecule has 1 fully saturated rings. The summed E-state index contributed by atoms with van der Waals surface area (Å²) in [5, 5.41) is 0. The van der Waals surface area contributed by atoms with Gasteiger partial charge in [-0.25, -0.2) is 0 Å². The maximum Gasteiger partial charge on any atom is 0.140 e. The maximum atomic E-state index is 11.4. The lowest BCUT2D eigenvalue weighted by Crippen LogP contribution is -2.54. The van der Waals surface area contributed by atoms with Crippen molar-refractivity contribution >= 4 is 6.29 Å². The van der Waals surface area contributed by atoms with Gasteiger partial charge in [0.2, 0.25) is 0 Å². The molecule has 0 aromatic carbocycles. The Balaban J connectivity index is 2.54. The molecule has 0 spiro atoms. The van der Waals surface area contributed by atoms with Crippen LogP contribution in [0.4, 0.5) is 0 Å². The molecular formula is C15H30N2O. The number of rotatable bonds is 8. The summed E-state index contributed by atoms with van der Waals surface area (Å²) in [7, 11) is 0. The molecule has 0 bridgehead atoms. The van der Waals surface area contributed by atoms with Crippen molar-refractivity contribution in [3.8, 4) is 0 Å². The molecule has 0 aromatic heterocycles. The number of nitrogens with zero attached hydrogens (tertiary/aromatic N) is 1. The minimum Gasteiger partial charge on any atom is -0.319 e. The summed E-state index contributed by atoms with van der Waals surface area (Å²) in [6, 6.07) is 0. The van der Waals surface area contributed by atoms with Gasteiger partial charge in [-0.2, -0.15) is 0 Å². The van der Waals surface area contributed by atoms with Gasteiger partial charge in [-0.1, -0.05) is 33.1 Å². The average molecular weight is 254 g/mol. The second-order valence-electron chi connectivity index (χ2n) is 5.83. The third-order valence-corrected chi connectivity index (χ3v) is 4.28. The topological polar surface area (TPSA) is 46.3 Å². The van der Waals surface area contributed by atoms with Crippen LogP contribution in [0.5, 0.6) is 0 Å². The Morgan fingerprint density at radius 3 is 2.67 bits per heavy atom. The molecule has 0 radical (unpaired) electrons. The fraction of sp³-hybridized carbons (Fsp3) is 0.933. The van der Waals surface area contributed by atoms with E-state index in [1.54, 1.807) is 0 Å². The molecule has 0 aromatic rings. The Labute approximate surface area is 112 Å². The molecule has 0 aliphatic carbocycles. The number of piperidine rings is 1. The van der Waals surface area contributed by atoms with Gasteiger partial charge in [-0.15, -0.1) is 0 Å². The largest absolute Gasteiger partial charge is 0.319 e. The molecule has 1 rings (SSSR count). The number of hydrogen-bond donors (Lipinski definition) is 1. The summed E-state index contributed by atoms with van der Waals surface area (Å²) in [5.74, 6) is 0.354. The molecule has 3 heteroatoms. The van der Waals surface area contributed by atoms with Gasteiger partial charge in [0, 0.05) is 6.54 Å². The van der Waals surface area contributed by atoms with Crippen LogP contribution in [0.3, 0.4) is 0 Å². The van der Waals surface area contributed by atoms with E-state index in [1.165, 1.54) is 25.8 Å². The normalized spacial score (nSPS) is 24.7. The maximum absolute atomic E-state index is 11.4. The van der Waals surface area contributed by atoms with E-state index in [2.05, 4.69) is 18.7 Å². The summed E-state index contributed by atoms with van der Waals surface area (Å²) in [6.45, 7) is 7.73. The molecule has 0 saturated carbocycles. The molecule has 2 N–H and O–H groups in total. The number of likely N-dealkylation sites (tertiary alicyclic amines) is 1. The highest BCUT2D eigenvalue weighted by atomic mass is 16.1. The van der Waals surface area contributed by atoms with Crippen LogP contribution in [0.1, 0.15) is 58.8 Å². The van der Waals surface area contributed by atoms with E-state index in [1.807, 2.05) is 0 Å². The quantitative estimate of drug-likeness (QED) is 0.677. The third-order valence-electron chi connectivity index (χ3n) is 4.28. The van der Waals surface area contributed by atoms with Crippen molar-refractivity contribution in [3.05, 3.63) is 0 Å². The number of carbonyl (C=O) groups excluding carboxylic acids is 1. The zero-order chi connectivity index (χ0) is 13.4. The van der Waals surface area contributed by atoms with E-state index in [9.17, 15) is 4.79 Å². The predicted molar refractivity (Wildman–Crippen MR) is 76.6 cm³/mol. The first kappa shape index (κ1) is 15.6. The summed E-state index contributed by atoms with van der Waals surface area (Å²) >= 11 is 0. The van der Waals surface area contributed by atoms with Crippen molar-refractivity contribution < 1.29 is 4.79 Å². The van der Waals surface area contributed by atoms with Crippen LogP contribution in [-0.2, 0) is 4.79 Å². The number of aldehydes is 1. The Kier molecular flexibility index (Phi) is 6.87. The summed E-state index contributed by atoms with van der Waals surface area (Å²) in [4.78, 5) is 13.9. The third kappa shape index (κ3) is 4.36. The van der Waals surface area contributed by atoms with Crippen molar-refractivity contribution in [1.29, 1.82) is 0 Å². The molecule has 2 unspecified atom stereocenters. The van der Waals surface area contributed by atoms with Crippen molar-refractivity contribution in [2.75, 3.05) is 19.6 Å². The minimum atomic E-state index is -0.582. The second kappa shape index (κ2) is 7.90. The smallest absolute Gasteiger partial charge is 0.140 e. The van der Waals surface area contributed by atoms with Crippen LogP contribution in [0, 0.1) is 5.92 Å². The SMILES string of the molecule is CCCCN1CCCC(C(N)(C=O)CCCC)C1. The van der Waals surface area contributed by atoms with Gasteiger partial charge in [-0.05, 0) is 44.7 Å². The van der Waals surface area contributed by atoms with Gasteiger partial charge in [0.1, 0.15) is 6.29 Å². The Bertz CT molecular complexity index is 245. The first-order valence-electron chi connectivity index (χ1n) is 7.63. The zero-order valence-electron chi connectivity index (χ0n) is 12.2. The summed E-state index contributed by atoms with van der Waals surface area (Å²) in [6.07, 6.45) is 8.82. The van der Waals surface area contributed by atoms with Gasteiger partial charge in [-0.3, -0.25) is 0 Å². The van der Waals surface area contributed by atoms with Crippen LogP contribution in [0.15, 0.2) is 0 Å². The first-order chi connectivity index (χ1) is 8.66. The zero-order valence-corrected chi connectivity index (χ0v) is 12.2. The van der Waals surface area contributed by atoms with Crippen molar-refractivity contribution in [2.45, 2.75) is 64.3 Å². The number of unbranched alkanes of at least 4 members (excludes halogenated alkanes) is 2. The van der Waals surface area contributed by atoms with Gasteiger partial charge >= 0.3 is 0 Å². The van der Waals surface area contributed by atoms with E-state index in [0.29, 0.717) is 5.92 Å². The number of carbonyl (C=O) groups is 1. The molecule has 1 aliphatic rings. The molecule has 1 aliphatic heterocycles. The fourth-order valence-corrected chi connectivity index (χ4v) is 2.92. The molecular weight excluding hydrogens is 224 g/mol. The van der Waals surface area contributed by atoms with Crippen LogP contribution in [0.2, 0.25) is 0 Å². The lowest BCUT2D eigenvalue weighted by atomic mass is 9.77. The summed E-state index contributed by atoms with van der Waals surface area (Å²) < 4.78 is 0. The van der Waals surface area contributed by atoms with Crippen LogP contribution >= 0.6 is 0 Å². The number of nitrogens with two attached hydrogens (primary N) is 1. The molecule has 0 amide bonds. The standard InChI is InChI=1S/C15H30N2O/c1-3-5-9-15(16,13-18)14-8-7-11-17(12-14)10-6-4-2/h13-14H,3-12,16H2,1-2H3. The average Bonchev–Trinajstić information content (AvgIpc) is 2.42. The van der Waals surface area contributed by atoms with Crippen LogP contribution < -0.4 is 5.73 Å². The van der Waals surface area contributed by atoms with Crippen molar-refractivity contribution in [2.24, 2.45) is 11.7 Å². The number of hydrogen-bond acceptors (Lipinski definition) is 3. The molecule has 1 saturated heterocycles. The van der Waals surface area contributed by atoms with Crippen LogP contribution in [-0.4, -0.2) is 36.4 Å². The van der Waals surface area contributed by atoms with Gasteiger partial charge in [0.25, 0.3) is 0 Å². The molecule has 3 nitrogen and oxygen atoms in total. The van der Waals surface area contributed by atoms with Gasteiger partial charge < -0.3 is 15.4 Å². The predicted octanol–water partition coefficient (Wildman–Crippen LogP) is 2.59. The molecule has 106 valence electrons.